The number of hydrogen-bond donors (Lipinski definition) is 0. The fraction of sp³-hybridized carbons (Fsp3) is 0.639. The summed E-state index contributed by atoms with van der Waals surface area (Å²) in [6.45, 7) is 5.49. The molecule has 4 heteroatoms. The molecular formula is C36H58NO3+. The van der Waals surface area contributed by atoms with Gasteiger partial charge < -0.3 is 14.0 Å². The highest BCUT2D eigenvalue weighted by Crippen LogP contribution is 2.17. The van der Waals surface area contributed by atoms with Crippen LogP contribution in [0.1, 0.15) is 114 Å². The van der Waals surface area contributed by atoms with Crippen molar-refractivity contribution in [2.24, 2.45) is 0 Å². The maximum absolute atomic E-state index is 12.1. The number of nitrogens with zero attached hydrogens (tertiary/aromatic N) is 1. The average molecular weight is 553 g/mol. The molecule has 0 bridgehead atoms. The zero-order valence-electron chi connectivity index (χ0n) is 26.0. The molecule has 0 aromatic heterocycles. The summed E-state index contributed by atoms with van der Waals surface area (Å²) in [5, 5.41) is 0. The minimum atomic E-state index is -0.0750. The minimum absolute atomic E-state index is 0.0750. The summed E-state index contributed by atoms with van der Waals surface area (Å²) in [6.07, 6.45) is 19.0. The van der Waals surface area contributed by atoms with E-state index in [0.29, 0.717) is 19.6 Å². The zero-order chi connectivity index (χ0) is 28.7. The first-order valence-electron chi connectivity index (χ1n) is 16.2. The van der Waals surface area contributed by atoms with Crippen molar-refractivity contribution >= 4 is 5.97 Å². The molecule has 224 valence electrons. The Bertz CT molecular complexity index is 896. The van der Waals surface area contributed by atoms with Crippen LogP contribution in [-0.2, 0) is 22.5 Å². The van der Waals surface area contributed by atoms with Crippen LogP contribution in [0.5, 0.6) is 5.75 Å². The molecule has 2 aromatic carbocycles. The van der Waals surface area contributed by atoms with E-state index in [4.69, 9.17) is 9.47 Å². The first-order valence-corrected chi connectivity index (χ1v) is 16.2. The molecule has 0 N–H and O–H groups in total. The Morgan fingerprint density at radius 2 is 1.32 bits per heavy atom. The van der Waals surface area contributed by atoms with Crippen molar-refractivity contribution in [2.45, 2.75) is 116 Å². The van der Waals surface area contributed by atoms with Gasteiger partial charge in [0.2, 0.25) is 0 Å². The molecular weight excluding hydrogens is 494 g/mol. The molecule has 0 atom stereocenters. The number of aryl methyl sites for hydroxylation is 1. The smallest absolute Gasteiger partial charge is 0.305 e. The van der Waals surface area contributed by atoms with E-state index in [1.807, 2.05) is 6.07 Å². The van der Waals surface area contributed by atoms with Crippen molar-refractivity contribution in [3.63, 3.8) is 0 Å². The Morgan fingerprint density at radius 3 is 2.05 bits per heavy atom. The van der Waals surface area contributed by atoms with E-state index in [9.17, 15) is 4.79 Å². The van der Waals surface area contributed by atoms with Gasteiger partial charge in [-0.05, 0) is 56.2 Å². The van der Waals surface area contributed by atoms with Crippen molar-refractivity contribution in [1.29, 1.82) is 0 Å². The topological polar surface area (TPSA) is 35.5 Å². The van der Waals surface area contributed by atoms with E-state index >= 15 is 0 Å². The fourth-order valence-electron chi connectivity index (χ4n) is 5.23. The molecule has 0 aliphatic heterocycles. The zero-order valence-corrected chi connectivity index (χ0v) is 26.0. The van der Waals surface area contributed by atoms with Crippen LogP contribution < -0.4 is 4.74 Å². The lowest BCUT2D eigenvalue weighted by Gasteiger charge is -2.30. The highest BCUT2D eigenvalue weighted by Gasteiger charge is 2.15. The lowest BCUT2D eigenvalue weighted by molar-refractivity contribution is -0.903. The minimum Gasteiger partial charge on any atom is -0.494 e. The van der Waals surface area contributed by atoms with Gasteiger partial charge in [-0.25, -0.2) is 0 Å². The van der Waals surface area contributed by atoms with Gasteiger partial charge in [0, 0.05) is 12.0 Å². The van der Waals surface area contributed by atoms with Crippen LogP contribution in [0.4, 0.5) is 0 Å². The number of rotatable bonds is 24. The SMILES string of the molecule is CCCCCCCCCCCCc1cccc(OCCCCOC(=O)CCCC[N+](C)(C)Cc2ccccc2)c1. The normalized spacial score (nSPS) is 11.5. The first kappa shape index (κ1) is 33.9. The van der Waals surface area contributed by atoms with Gasteiger partial charge in [-0.1, -0.05) is 107 Å². The molecule has 0 heterocycles. The molecule has 4 nitrogen and oxygen atoms in total. The summed E-state index contributed by atoms with van der Waals surface area (Å²) in [6, 6.07) is 19.1. The first-order chi connectivity index (χ1) is 19.5. The van der Waals surface area contributed by atoms with Crippen molar-refractivity contribution in [1.82, 2.24) is 0 Å². The van der Waals surface area contributed by atoms with Gasteiger partial charge in [0.1, 0.15) is 12.3 Å². The van der Waals surface area contributed by atoms with E-state index in [1.165, 1.54) is 75.3 Å². The summed E-state index contributed by atoms with van der Waals surface area (Å²) >= 11 is 0. The maximum atomic E-state index is 12.1. The molecule has 0 saturated heterocycles. The van der Waals surface area contributed by atoms with Crippen molar-refractivity contribution in [2.75, 3.05) is 33.9 Å². The Kier molecular flexibility index (Phi) is 18.1. The lowest BCUT2D eigenvalue weighted by atomic mass is 10.0. The molecule has 0 aliphatic carbocycles. The van der Waals surface area contributed by atoms with Crippen molar-refractivity contribution in [3.05, 3.63) is 65.7 Å². The predicted molar refractivity (Wildman–Crippen MR) is 169 cm³/mol. The van der Waals surface area contributed by atoms with Crippen molar-refractivity contribution < 1.29 is 18.8 Å². The van der Waals surface area contributed by atoms with Crippen molar-refractivity contribution in [3.8, 4) is 5.75 Å². The Hall–Kier alpha value is -2.33. The van der Waals surface area contributed by atoms with Crippen LogP contribution in [0, 0.1) is 0 Å². The fourth-order valence-corrected chi connectivity index (χ4v) is 5.23. The van der Waals surface area contributed by atoms with Crippen LogP contribution in [0.2, 0.25) is 0 Å². The molecule has 0 aliphatic rings. The van der Waals surface area contributed by atoms with Crippen LogP contribution in [0.25, 0.3) is 0 Å². The van der Waals surface area contributed by atoms with Crippen LogP contribution >= 0.6 is 0 Å². The van der Waals surface area contributed by atoms with E-state index in [0.717, 1.165) is 55.4 Å². The largest absolute Gasteiger partial charge is 0.494 e. The number of carbonyl (C=O) groups is 1. The number of esters is 1. The van der Waals surface area contributed by atoms with Gasteiger partial charge in [-0.3, -0.25) is 4.79 Å². The van der Waals surface area contributed by atoms with Gasteiger partial charge in [-0.15, -0.1) is 0 Å². The molecule has 0 amide bonds. The lowest BCUT2D eigenvalue weighted by Crippen LogP contribution is -2.39. The van der Waals surface area contributed by atoms with Gasteiger partial charge in [0.15, 0.2) is 0 Å². The number of carbonyl (C=O) groups excluding carboxylic acids is 1. The molecule has 40 heavy (non-hydrogen) atoms. The van der Waals surface area contributed by atoms with Gasteiger partial charge in [0.25, 0.3) is 0 Å². The Labute approximate surface area is 246 Å². The molecule has 2 rings (SSSR count). The van der Waals surface area contributed by atoms with Gasteiger partial charge >= 0.3 is 5.97 Å². The summed E-state index contributed by atoms with van der Waals surface area (Å²) in [4.78, 5) is 12.1. The third kappa shape index (κ3) is 17.4. The molecule has 0 unspecified atom stereocenters. The molecule has 0 saturated carbocycles. The van der Waals surface area contributed by atoms with E-state index in [-0.39, 0.29) is 5.97 Å². The van der Waals surface area contributed by atoms with E-state index < -0.39 is 0 Å². The molecule has 0 fully saturated rings. The van der Waals surface area contributed by atoms with Crippen LogP contribution in [-0.4, -0.2) is 44.3 Å². The quantitative estimate of drug-likeness (QED) is 0.0739. The second-order valence-electron chi connectivity index (χ2n) is 12.1. The number of unbranched alkanes of at least 4 members (excludes halogenated alkanes) is 11. The number of benzene rings is 2. The molecule has 0 spiro atoms. The Balaban J connectivity index is 1.44. The summed E-state index contributed by atoms with van der Waals surface area (Å²) in [5.74, 6) is 0.879. The third-order valence-corrected chi connectivity index (χ3v) is 7.64. The van der Waals surface area contributed by atoms with Gasteiger partial charge in [0.05, 0.1) is 33.9 Å². The Morgan fingerprint density at radius 1 is 0.675 bits per heavy atom. The second kappa shape index (κ2) is 21.4. The molecule has 0 radical (unpaired) electrons. The molecule has 2 aromatic rings. The monoisotopic (exact) mass is 552 g/mol. The number of ether oxygens (including phenoxy) is 2. The van der Waals surface area contributed by atoms with Crippen LogP contribution in [0.3, 0.4) is 0 Å². The average Bonchev–Trinajstić information content (AvgIpc) is 2.94. The van der Waals surface area contributed by atoms with E-state index in [2.05, 4.69) is 69.6 Å². The standard InChI is InChI=1S/C36H58NO3/c1-4-5-6-7-8-9-10-11-12-14-22-33-25-21-26-35(31-33)39-29-19-20-30-40-36(38)27-17-18-28-37(2,3)32-34-23-15-13-16-24-34/h13,15-16,21,23-26,31H,4-12,14,17-20,22,27-30,32H2,1-3H3/q+1. The third-order valence-electron chi connectivity index (χ3n) is 7.64. The highest BCUT2D eigenvalue weighted by atomic mass is 16.5. The van der Waals surface area contributed by atoms with Gasteiger partial charge in [-0.2, -0.15) is 0 Å². The van der Waals surface area contributed by atoms with Crippen LogP contribution in [0.15, 0.2) is 54.6 Å². The predicted octanol–water partition coefficient (Wildman–Crippen LogP) is 9.30. The summed E-state index contributed by atoms with van der Waals surface area (Å²) in [7, 11) is 4.50. The van der Waals surface area contributed by atoms with E-state index in [1.54, 1.807) is 0 Å². The second-order valence-corrected chi connectivity index (χ2v) is 12.1. The number of hydrogen-bond acceptors (Lipinski definition) is 3. The highest BCUT2D eigenvalue weighted by molar-refractivity contribution is 5.69. The summed E-state index contributed by atoms with van der Waals surface area (Å²) < 4.78 is 12.3. The maximum Gasteiger partial charge on any atom is 0.305 e. The summed E-state index contributed by atoms with van der Waals surface area (Å²) in [5.41, 5.74) is 2.72. The number of quaternary nitrogens is 1.